The summed E-state index contributed by atoms with van der Waals surface area (Å²) in [6.45, 7) is 50.9. The largest absolute Gasteiger partial charge is 0.393 e. The highest BCUT2D eigenvalue weighted by Gasteiger charge is 2.67. The van der Waals surface area contributed by atoms with Crippen molar-refractivity contribution in [2.75, 3.05) is 0 Å². The van der Waals surface area contributed by atoms with Crippen molar-refractivity contribution in [2.45, 2.75) is 152 Å². The summed E-state index contributed by atoms with van der Waals surface area (Å²) in [5.74, 6) is 0.598. The highest BCUT2D eigenvalue weighted by molar-refractivity contribution is 5.15. The van der Waals surface area contributed by atoms with Crippen LogP contribution in [0.4, 0.5) is 0 Å². The minimum atomic E-state index is -0.374. The zero-order chi connectivity index (χ0) is 27.7. The molecule has 0 amide bonds. The quantitative estimate of drug-likeness (QED) is 0.339. The van der Waals surface area contributed by atoms with Gasteiger partial charge in [0.05, 0.1) is 6.10 Å². The van der Waals surface area contributed by atoms with E-state index in [2.05, 4.69) is 138 Å². The van der Waals surface area contributed by atoms with Crippen LogP contribution in [-0.4, -0.2) is 11.2 Å². The molecule has 1 nitrogen and oxygen atoms in total. The Labute approximate surface area is 211 Å². The fourth-order valence-electron chi connectivity index (χ4n) is 6.76. The highest BCUT2D eigenvalue weighted by atomic mass is 16.3. The Hall–Kier alpha value is -0.0400. The molecule has 0 fully saturated rings. The molecule has 0 aromatic heterocycles. The van der Waals surface area contributed by atoms with Crippen LogP contribution in [0, 0.1) is 54.7 Å². The molecule has 0 bridgehead atoms. The summed E-state index contributed by atoms with van der Waals surface area (Å²) >= 11 is 0. The van der Waals surface area contributed by atoms with Crippen molar-refractivity contribution >= 4 is 0 Å². The zero-order valence-corrected chi connectivity index (χ0v) is 27.1. The molecular formula is C32H66O. The second-order valence-electron chi connectivity index (χ2n) is 16.6. The lowest BCUT2D eigenvalue weighted by molar-refractivity contribution is -0.232. The zero-order valence-electron chi connectivity index (χ0n) is 27.1. The monoisotopic (exact) mass is 467 g/mol. The van der Waals surface area contributed by atoms with Gasteiger partial charge in [-0.2, -0.15) is 0 Å². The molecule has 1 heteroatoms. The predicted octanol–water partition coefficient (Wildman–Crippen LogP) is 10.3. The molecule has 0 aromatic rings. The van der Waals surface area contributed by atoms with Crippen molar-refractivity contribution < 1.29 is 5.11 Å². The van der Waals surface area contributed by atoms with Gasteiger partial charge in [-0.15, -0.1) is 0 Å². The van der Waals surface area contributed by atoms with E-state index in [0.717, 1.165) is 0 Å². The van der Waals surface area contributed by atoms with Gasteiger partial charge in [-0.3, -0.25) is 0 Å². The molecule has 0 rings (SSSR count). The molecule has 0 heterocycles. The molecule has 0 aromatic carbocycles. The Balaban J connectivity index is 7.00. The normalized spacial score (nSPS) is 17.5. The molecule has 0 aliphatic heterocycles. The topological polar surface area (TPSA) is 20.2 Å². The van der Waals surface area contributed by atoms with Crippen molar-refractivity contribution in [1.82, 2.24) is 0 Å². The van der Waals surface area contributed by atoms with Crippen molar-refractivity contribution in [3.63, 3.8) is 0 Å². The molecule has 1 N–H and O–H groups in total. The lowest BCUT2D eigenvalue weighted by Gasteiger charge is -2.71. The fraction of sp³-hybridized carbons (Fsp3) is 1.00. The Bertz CT molecular complexity index is 617. The SMILES string of the molecule is CC(C)C(C)(C)C(C)(C)C(C)(C)C(C)(C)C(C)(C)C(C)(C)C(C)(C)C(C)(C)C(C)(C)C(C)O. The Morgan fingerprint density at radius 3 is 0.697 bits per heavy atom. The number of rotatable bonds is 10. The summed E-state index contributed by atoms with van der Waals surface area (Å²) < 4.78 is 0. The maximum Gasteiger partial charge on any atom is 0.0568 e. The lowest BCUT2D eigenvalue weighted by Crippen LogP contribution is -2.65. The van der Waals surface area contributed by atoms with Gasteiger partial charge in [0.25, 0.3) is 0 Å². The van der Waals surface area contributed by atoms with E-state index in [4.69, 9.17) is 0 Å². The average molecular weight is 467 g/mol. The first-order valence-corrected chi connectivity index (χ1v) is 13.6. The van der Waals surface area contributed by atoms with E-state index in [9.17, 15) is 5.11 Å². The number of hydrogen-bond acceptors (Lipinski definition) is 1. The van der Waals surface area contributed by atoms with Crippen molar-refractivity contribution in [1.29, 1.82) is 0 Å². The van der Waals surface area contributed by atoms with E-state index in [0.29, 0.717) is 5.92 Å². The maximum atomic E-state index is 10.8. The Morgan fingerprint density at radius 2 is 0.515 bits per heavy atom. The van der Waals surface area contributed by atoms with Gasteiger partial charge >= 0.3 is 0 Å². The molecule has 200 valence electrons. The summed E-state index contributed by atoms with van der Waals surface area (Å²) in [7, 11) is 0. The molecule has 0 spiro atoms. The molecule has 1 unspecified atom stereocenters. The fourth-order valence-corrected chi connectivity index (χ4v) is 6.76. The third-order valence-electron chi connectivity index (χ3n) is 15.1. The van der Waals surface area contributed by atoms with Crippen molar-refractivity contribution in [3.05, 3.63) is 0 Å². The summed E-state index contributed by atoms with van der Waals surface area (Å²) in [4.78, 5) is 0. The van der Waals surface area contributed by atoms with Crippen LogP contribution in [-0.2, 0) is 0 Å². The number of hydrogen-bond donors (Lipinski definition) is 1. The molecule has 0 aliphatic carbocycles. The van der Waals surface area contributed by atoms with Crippen molar-refractivity contribution in [2.24, 2.45) is 54.7 Å². The first kappa shape index (κ1) is 33.0. The number of aliphatic hydroxyl groups is 1. The van der Waals surface area contributed by atoms with Crippen LogP contribution in [0.25, 0.3) is 0 Å². The van der Waals surface area contributed by atoms with E-state index < -0.39 is 0 Å². The summed E-state index contributed by atoms with van der Waals surface area (Å²) in [5.41, 5.74) is 0.0217. The second kappa shape index (κ2) is 8.52. The molecule has 0 aliphatic rings. The van der Waals surface area contributed by atoms with Crippen LogP contribution in [0.15, 0.2) is 0 Å². The van der Waals surface area contributed by atoms with Crippen LogP contribution >= 0.6 is 0 Å². The van der Waals surface area contributed by atoms with Crippen LogP contribution in [0.3, 0.4) is 0 Å². The number of aliphatic hydroxyl groups excluding tert-OH is 1. The van der Waals surface area contributed by atoms with Crippen LogP contribution in [0.5, 0.6) is 0 Å². The standard InChI is InChI=1S/C32H66O/c1-22(2)24(4,5)26(8,9)28(12,13)30(16,17)32(20,21)31(18,19)29(14,15)27(10,11)25(6,7)23(3)33/h22-23,33H,1-21H3. The van der Waals surface area contributed by atoms with Gasteiger partial charge in [0, 0.05) is 0 Å². The van der Waals surface area contributed by atoms with Gasteiger partial charge in [-0.05, 0) is 61.6 Å². The minimum absolute atomic E-state index is 0.00335. The molecular weight excluding hydrogens is 400 g/mol. The molecule has 1 atom stereocenters. The predicted molar refractivity (Wildman–Crippen MR) is 151 cm³/mol. The lowest BCUT2D eigenvalue weighted by atomic mass is 9.34. The smallest absolute Gasteiger partial charge is 0.0568 e. The van der Waals surface area contributed by atoms with E-state index in [-0.39, 0.29) is 54.8 Å². The second-order valence-corrected chi connectivity index (χ2v) is 16.6. The van der Waals surface area contributed by atoms with E-state index in [1.165, 1.54) is 0 Å². The van der Waals surface area contributed by atoms with Crippen LogP contribution in [0.2, 0.25) is 0 Å². The summed E-state index contributed by atoms with van der Waals surface area (Å²) in [6, 6.07) is 0. The average Bonchev–Trinajstić information content (AvgIpc) is 2.59. The first-order valence-electron chi connectivity index (χ1n) is 13.6. The summed E-state index contributed by atoms with van der Waals surface area (Å²) in [6.07, 6.45) is -0.374. The third kappa shape index (κ3) is 4.07. The van der Waals surface area contributed by atoms with Gasteiger partial charge < -0.3 is 5.11 Å². The Morgan fingerprint density at radius 1 is 0.333 bits per heavy atom. The van der Waals surface area contributed by atoms with Gasteiger partial charge in [0.1, 0.15) is 0 Å². The van der Waals surface area contributed by atoms with E-state index >= 15 is 0 Å². The van der Waals surface area contributed by atoms with Crippen LogP contribution in [0.1, 0.15) is 145 Å². The van der Waals surface area contributed by atoms with Gasteiger partial charge in [-0.25, -0.2) is 0 Å². The first-order chi connectivity index (χ1) is 13.9. The highest BCUT2D eigenvalue weighted by Crippen LogP contribution is 2.73. The van der Waals surface area contributed by atoms with E-state index in [1.807, 2.05) is 6.92 Å². The molecule has 0 radical (unpaired) electrons. The van der Waals surface area contributed by atoms with Crippen molar-refractivity contribution in [3.8, 4) is 0 Å². The Kier molecular flexibility index (Phi) is 8.51. The molecule has 0 saturated carbocycles. The minimum Gasteiger partial charge on any atom is -0.393 e. The van der Waals surface area contributed by atoms with Gasteiger partial charge in [0.15, 0.2) is 0 Å². The third-order valence-corrected chi connectivity index (χ3v) is 15.1. The van der Waals surface area contributed by atoms with Crippen LogP contribution < -0.4 is 0 Å². The van der Waals surface area contributed by atoms with E-state index in [1.54, 1.807) is 0 Å². The molecule has 0 saturated heterocycles. The van der Waals surface area contributed by atoms with Gasteiger partial charge in [0.2, 0.25) is 0 Å². The van der Waals surface area contributed by atoms with Gasteiger partial charge in [-0.1, -0.05) is 138 Å². The maximum absolute atomic E-state index is 10.8. The summed E-state index contributed by atoms with van der Waals surface area (Å²) in [5, 5.41) is 10.8. The molecule has 33 heavy (non-hydrogen) atoms.